The average molecular weight is 240 g/mol. The summed E-state index contributed by atoms with van der Waals surface area (Å²) in [7, 11) is 1.63. The fourth-order valence-corrected chi connectivity index (χ4v) is 2.04. The third-order valence-corrected chi connectivity index (χ3v) is 2.91. The Morgan fingerprint density at radius 2 is 1.94 bits per heavy atom. The molecule has 1 N–H and O–H groups in total. The van der Waals surface area contributed by atoms with Gasteiger partial charge >= 0.3 is 0 Å². The van der Waals surface area contributed by atoms with Crippen LogP contribution >= 0.6 is 0 Å². The number of imidazole rings is 1. The van der Waals surface area contributed by atoms with Gasteiger partial charge in [0.05, 0.1) is 12.8 Å². The van der Waals surface area contributed by atoms with Gasteiger partial charge in [-0.1, -0.05) is 18.2 Å². The molecule has 2 aromatic heterocycles. The molecule has 1 aromatic carbocycles. The van der Waals surface area contributed by atoms with Crippen LogP contribution in [-0.2, 0) is 0 Å². The van der Waals surface area contributed by atoms with E-state index < -0.39 is 0 Å². The van der Waals surface area contributed by atoms with Gasteiger partial charge in [0.2, 0.25) is 0 Å². The number of nitrogens with zero attached hydrogens (tertiary/aromatic N) is 1. The molecule has 0 spiro atoms. The number of benzene rings is 1. The zero-order valence-corrected chi connectivity index (χ0v) is 9.88. The number of nitrogens with one attached hydrogen (secondary N) is 1. The Hall–Kier alpha value is -2.49. The molecule has 18 heavy (non-hydrogen) atoms. The van der Waals surface area contributed by atoms with E-state index in [2.05, 4.69) is 4.98 Å². The molecular formula is C14H12N2O2. The lowest BCUT2D eigenvalue weighted by atomic mass is 10.1. The van der Waals surface area contributed by atoms with Crippen LogP contribution in [0.25, 0.3) is 16.9 Å². The van der Waals surface area contributed by atoms with Crippen molar-refractivity contribution in [3.8, 4) is 17.0 Å². The van der Waals surface area contributed by atoms with Gasteiger partial charge in [-0.3, -0.25) is 9.20 Å². The number of hydrogen-bond acceptors (Lipinski definition) is 2. The lowest BCUT2D eigenvalue weighted by Crippen LogP contribution is -2.08. The second-order valence-electron chi connectivity index (χ2n) is 3.99. The summed E-state index contributed by atoms with van der Waals surface area (Å²) in [6.45, 7) is 0. The summed E-state index contributed by atoms with van der Waals surface area (Å²) in [5.41, 5.74) is 2.51. The van der Waals surface area contributed by atoms with E-state index in [0.717, 1.165) is 22.7 Å². The molecule has 0 unspecified atom stereocenters. The standard InChI is InChI=1S/C14H12N2O2/c1-18-12-6-3-2-5-10(12)11-9-16-13(15-11)7-4-8-14(16)17/h2-9,15H,1H3. The van der Waals surface area contributed by atoms with Gasteiger partial charge in [-0.25, -0.2) is 0 Å². The van der Waals surface area contributed by atoms with Crippen molar-refractivity contribution >= 4 is 5.65 Å². The fourth-order valence-electron chi connectivity index (χ4n) is 2.04. The number of ether oxygens (including phenoxy) is 1. The zero-order chi connectivity index (χ0) is 12.5. The van der Waals surface area contributed by atoms with Crippen molar-refractivity contribution < 1.29 is 4.74 Å². The third-order valence-electron chi connectivity index (χ3n) is 2.91. The minimum Gasteiger partial charge on any atom is -0.496 e. The zero-order valence-electron chi connectivity index (χ0n) is 9.88. The van der Waals surface area contributed by atoms with Gasteiger partial charge in [-0.2, -0.15) is 0 Å². The van der Waals surface area contributed by atoms with Gasteiger partial charge in [0.15, 0.2) is 0 Å². The molecule has 0 saturated carbocycles. The van der Waals surface area contributed by atoms with Gasteiger partial charge in [-0.05, 0) is 18.2 Å². The van der Waals surface area contributed by atoms with Crippen molar-refractivity contribution in [1.82, 2.24) is 9.38 Å². The van der Waals surface area contributed by atoms with Crippen LogP contribution in [-0.4, -0.2) is 16.5 Å². The Morgan fingerprint density at radius 3 is 2.72 bits per heavy atom. The molecule has 0 bridgehead atoms. The molecule has 3 aromatic rings. The minimum absolute atomic E-state index is 0.0510. The Kier molecular flexibility index (Phi) is 2.41. The summed E-state index contributed by atoms with van der Waals surface area (Å²) < 4.78 is 6.90. The number of rotatable bonds is 2. The van der Waals surface area contributed by atoms with E-state index in [9.17, 15) is 4.79 Å². The van der Waals surface area contributed by atoms with Gasteiger partial charge in [-0.15, -0.1) is 0 Å². The van der Waals surface area contributed by atoms with Crippen molar-refractivity contribution in [1.29, 1.82) is 0 Å². The summed E-state index contributed by atoms with van der Waals surface area (Å²) in [6, 6.07) is 12.8. The molecule has 4 heteroatoms. The molecule has 0 fully saturated rings. The van der Waals surface area contributed by atoms with Crippen molar-refractivity contribution in [2.45, 2.75) is 0 Å². The van der Waals surface area contributed by atoms with Crippen molar-refractivity contribution in [3.63, 3.8) is 0 Å². The van der Waals surface area contributed by atoms with Crippen LogP contribution in [0, 0.1) is 0 Å². The maximum atomic E-state index is 11.7. The predicted octanol–water partition coefficient (Wildman–Crippen LogP) is 2.30. The molecule has 90 valence electrons. The molecule has 0 saturated heterocycles. The molecule has 0 amide bonds. The Labute approximate surface area is 103 Å². The first-order valence-corrected chi connectivity index (χ1v) is 5.63. The predicted molar refractivity (Wildman–Crippen MR) is 70.0 cm³/mol. The number of pyridine rings is 1. The third kappa shape index (κ3) is 1.59. The number of methoxy groups -OCH3 is 1. The number of aromatic amines is 1. The summed E-state index contributed by atoms with van der Waals surface area (Å²) in [6.07, 6.45) is 1.79. The topological polar surface area (TPSA) is 46.5 Å². The van der Waals surface area contributed by atoms with E-state index >= 15 is 0 Å². The Balaban J connectivity index is 2.26. The molecule has 4 nitrogen and oxygen atoms in total. The Morgan fingerprint density at radius 1 is 1.11 bits per heavy atom. The highest BCUT2D eigenvalue weighted by Gasteiger charge is 2.08. The van der Waals surface area contributed by atoms with Crippen LogP contribution in [0.3, 0.4) is 0 Å². The average Bonchev–Trinajstić information content (AvgIpc) is 2.84. The van der Waals surface area contributed by atoms with E-state index in [-0.39, 0.29) is 5.56 Å². The van der Waals surface area contributed by atoms with Crippen LogP contribution in [0.1, 0.15) is 0 Å². The number of hydrogen-bond donors (Lipinski definition) is 1. The van der Waals surface area contributed by atoms with Crippen LogP contribution in [0.15, 0.2) is 53.5 Å². The van der Waals surface area contributed by atoms with Crippen LogP contribution in [0.4, 0.5) is 0 Å². The van der Waals surface area contributed by atoms with Gasteiger partial charge < -0.3 is 9.72 Å². The number of aromatic nitrogens is 2. The molecular weight excluding hydrogens is 228 g/mol. The summed E-state index contributed by atoms with van der Waals surface area (Å²) in [5.74, 6) is 0.775. The molecule has 0 aliphatic carbocycles. The summed E-state index contributed by atoms with van der Waals surface area (Å²) >= 11 is 0. The molecule has 0 radical (unpaired) electrons. The summed E-state index contributed by atoms with van der Waals surface area (Å²) in [4.78, 5) is 14.9. The quantitative estimate of drug-likeness (QED) is 0.747. The largest absolute Gasteiger partial charge is 0.496 e. The molecule has 3 rings (SSSR count). The van der Waals surface area contributed by atoms with Crippen molar-refractivity contribution in [3.05, 3.63) is 59.0 Å². The Bertz CT molecular complexity index is 756. The van der Waals surface area contributed by atoms with E-state index in [1.165, 1.54) is 6.07 Å². The van der Waals surface area contributed by atoms with Gasteiger partial charge in [0.1, 0.15) is 11.4 Å². The molecule has 0 atom stereocenters. The normalized spacial score (nSPS) is 10.7. The molecule has 0 aliphatic rings. The second-order valence-corrected chi connectivity index (χ2v) is 3.99. The van der Waals surface area contributed by atoms with Crippen LogP contribution in [0.2, 0.25) is 0 Å². The fraction of sp³-hybridized carbons (Fsp3) is 0.0714. The van der Waals surface area contributed by atoms with E-state index in [1.807, 2.05) is 30.3 Å². The highest BCUT2D eigenvalue weighted by molar-refractivity contribution is 5.69. The number of H-pyrrole nitrogens is 1. The minimum atomic E-state index is -0.0510. The highest BCUT2D eigenvalue weighted by Crippen LogP contribution is 2.28. The van der Waals surface area contributed by atoms with E-state index in [1.54, 1.807) is 23.8 Å². The maximum absolute atomic E-state index is 11.7. The first kappa shape index (κ1) is 10.7. The number of fused-ring (bicyclic) bond motifs is 1. The van der Waals surface area contributed by atoms with Gasteiger partial charge in [0.25, 0.3) is 5.56 Å². The molecule has 2 heterocycles. The smallest absolute Gasteiger partial charge is 0.256 e. The monoisotopic (exact) mass is 240 g/mol. The van der Waals surface area contributed by atoms with E-state index in [0.29, 0.717) is 0 Å². The maximum Gasteiger partial charge on any atom is 0.256 e. The SMILES string of the molecule is COc1ccccc1-c1cn2c(=O)cccc2[nH]1. The lowest BCUT2D eigenvalue weighted by Gasteiger charge is -2.05. The van der Waals surface area contributed by atoms with Crippen molar-refractivity contribution in [2.75, 3.05) is 7.11 Å². The van der Waals surface area contributed by atoms with Crippen LogP contribution in [0.5, 0.6) is 5.75 Å². The highest BCUT2D eigenvalue weighted by atomic mass is 16.5. The second kappa shape index (κ2) is 4.07. The molecule has 0 aliphatic heterocycles. The van der Waals surface area contributed by atoms with Gasteiger partial charge in [0, 0.05) is 17.8 Å². The number of para-hydroxylation sites is 1. The van der Waals surface area contributed by atoms with E-state index in [4.69, 9.17) is 4.74 Å². The first-order valence-electron chi connectivity index (χ1n) is 5.63. The van der Waals surface area contributed by atoms with Crippen LogP contribution < -0.4 is 10.3 Å². The van der Waals surface area contributed by atoms with Crippen molar-refractivity contribution in [2.24, 2.45) is 0 Å². The summed E-state index contributed by atoms with van der Waals surface area (Å²) in [5, 5.41) is 0. The first-order chi connectivity index (χ1) is 8.79. The lowest BCUT2D eigenvalue weighted by molar-refractivity contribution is 0.416.